The molecule has 5 nitrogen and oxygen atoms in total. The molecule has 1 fully saturated rings. The van der Waals surface area contributed by atoms with Gasteiger partial charge in [-0.25, -0.2) is 0 Å². The summed E-state index contributed by atoms with van der Waals surface area (Å²) >= 11 is 0. The molecule has 1 aromatic heterocycles. The second kappa shape index (κ2) is 7.09. The number of hydrogen-bond acceptors (Lipinski definition) is 3. The number of aliphatic hydroxyl groups excluding tert-OH is 1. The lowest BCUT2D eigenvalue weighted by molar-refractivity contribution is 0.102. The van der Waals surface area contributed by atoms with Gasteiger partial charge in [0, 0.05) is 25.4 Å². The molecule has 3 rings (SSSR count). The van der Waals surface area contributed by atoms with Crippen LogP contribution in [0.1, 0.15) is 34.6 Å². The fraction of sp³-hybridized carbons (Fsp3) is 0.421. The van der Waals surface area contributed by atoms with Crippen LogP contribution in [-0.4, -0.2) is 35.7 Å². The molecule has 0 unspecified atom stereocenters. The van der Waals surface area contributed by atoms with E-state index in [9.17, 15) is 9.90 Å². The fourth-order valence-corrected chi connectivity index (χ4v) is 3.36. The van der Waals surface area contributed by atoms with Gasteiger partial charge in [-0.15, -0.1) is 0 Å². The van der Waals surface area contributed by atoms with E-state index in [2.05, 4.69) is 15.2 Å². The highest BCUT2D eigenvalue weighted by atomic mass is 16.3. The summed E-state index contributed by atoms with van der Waals surface area (Å²) in [5, 5.41) is 12.3. The number of carbonyl (C=O) groups excluding carboxylic acids is 1. The molecule has 0 radical (unpaired) electrons. The van der Waals surface area contributed by atoms with Crippen molar-refractivity contribution in [1.82, 2.24) is 4.98 Å². The van der Waals surface area contributed by atoms with E-state index in [-0.39, 0.29) is 12.5 Å². The number of hydrogen-bond donors (Lipinski definition) is 3. The summed E-state index contributed by atoms with van der Waals surface area (Å²) in [6, 6.07) is 9.89. The van der Waals surface area contributed by atoms with Gasteiger partial charge in [0.15, 0.2) is 0 Å². The van der Waals surface area contributed by atoms with Crippen LogP contribution in [0, 0.1) is 19.8 Å². The highest BCUT2D eigenvalue weighted by Crippen LogP contribution is 2.30. The Morgan fingerprint density at radius 1 is 1.29 bits per heavy atom. The number of aromatic nitrogens is 1. The lowest BCUT2D eigenvalue weighted by Crippen LogP contribution is -2.35. The third-order valence-electron chi connectivity index (χ3n) is 4.74. The van der Waals surface area contributed by atoms with Crippen molar-refractivity contribution in [3.63, 3.8) is 0 Å². The molecule has 5 heteroatoms. The van der Waals surface area contributed by atoms with E-state index in [1.807, 2.05) is 44.2 Å². The molecule has 1 amide bonds. The van der Waals surface area contributed by atoms with Crippen molar-refractivity contribution in [3.05, 3.63) is 47.3 Å². The van der Waals surface area contributed by atoms with Gasteiger partial charge in [-0.1, -0.05) is 12.1 Å². The predicted octanol–water partition coefficient (Wildman–Crippen LogP) is 3.09. The summed E-state index contributed by atoms with van der Waals surface area (Å²) in [4.78, 5) is 18.0. The van der Waals surface area contributed by atoms with Crippen LogP contribution in [0.15, 0.2) is 30.3 Å². The van der Waals surface area contributed by atoms with E-state index in [0.29, 0.717) is 11.6 Å². The molecule has 0 aliphatic carbocycles. The number of rotatable bonds is 4. The largest absolute Gasteiger partial charge is 0.396 e. The summed E-state index contributed by atoms with van der Waals surface area (Å²) < 4.78 is 0. The van der Waals surface area contributed by atoms with E-state index in [0.717, 1.165) is 48.6 Å². The molecule has 0 bridgehead atoms. The lowest BCUT2D eigenvalue weighted by Gasteiger charge is -2.34. The van der Waals surface area contributed by atoms with Crippen LogP contribution < -0.4 is 10.2 Å². The van der Waals surface area contributed by atoms with Crippen LogP contribution in [0.3, 0.4) is 0 Å². The van der Waals surface area contributed by atoms with Crippen LogP contribution in [0.25, 0.3) is 0 Å². The molecule has 1 aromatic carbocycles. The van der Waals surface area contributed by atoms with Gasteiger partial charge in [0.05, 0.1) is 11.4 Å². The second-order valence-electron chi connectivity index (χ2n) is 6.59. The molecule has 1 aliphatic heterocycles. The van der Waals surface area contributed by atoms with Gasteiger partial charge >= 0.3 is 0 Å². The quantitative estimate of drug-likeness (QED) is 0.808. The Kier molecular flexibility index (Phi) is 4.90. The summed E-state index contributed by atoms with van der Waals surface area (Å²) in [7, 11) is 0. The maximum atomic E-state index is 12.6. The zero-order chi connectivity index (χ0) is 17.1. The van der Waals surface area contributed by atoms with Gasteiger partial charge in [0.25, 0.3) is 5.91 Å². The smallest absolute Gasteiger partial charge is 0.272 e. The number of H-pyrrole nitrogens is 1. The van der Waals surface area contributed by atoms with Crippen molar-refractivity contribution in [2.45, 2.75) is 26.7 Å². The van der Waals surface area contributed by atoms with Crippen LogP contribution >= 0.6 is 0 Å². The summed E-state index contributed by atoms with van der Waals surface area (Å²) in [6.45, 7) is 5.95. The van der Waals surface area contributed by atoms with E-state index in [1.54, 1.807) is 0 Å². The van der Waals surface area contributed by atoms with Gasteiger partial charge in [0.1, 0.15) is 5.69 Å². The SMILES string of the molecule is Cc1cc(C)c(C(=O)Nc2ccccc2N2CCC(CO)CC2)[nH]1. The standard InChI is InChI=1S/C19H25N3O2/c1-13-11-14(2)20-18(13)19(24)21-16-5-3-4-6-17(16)22-9-7-15(12-23)8-10-22/h3-6,11,15,20,23H,7-10,12H2,1-2H3,(H,21,24). The predicted molar refractivity (Wildman–Crippen MR) is 96.7 cm³/mol. The number of aliphatic hydroxyl groups is 1. The van der Waals surface area contributed by atoms with Crippen LogP contribution in [0.2, 0.25) is 0 Å². The lowest BCUT2D eigenvalue weighted by atomic mass is 9.97. The number of aromatic amines is 1. The second-order valence-corrected chi connectivity index (χ2v) is 6.59. The first-order valence-electron chi connectivity index (χ1n) is 8.51. The van der Waals surface area contributed by atoms with Crippen molar-refractivity contribution in [2.24, 2.45) is 5.92 Å². The minimum Gasteiger partial charge on any atom is -0.396 e. The van der Waals surface area contributed by atoms with Crippen molar-refractivity contribution in [3.8, 4) is 0 Å². The highest BCUT2D eigenvalue weighted by Gasteiger charge is 2.21. The molecule has 2 aromatic rings. The van der Waals surface area contributed by atoms with E-state index in [4.69, 9.17) is 0 Å². The monoisotopic (exact) mass is 327 g/mol. The number of carbonyl (C=O) groups is 1. The van der Waals surface area contributed by atoms with E-state index in [1.165, 1.54) is 0 Å². The number of aryl methyl sites for hydroxylation is 2. The summed E-state index contributed by atoms with van der Waals surface area (Å²) in [6.07, 6.45) is 1.96. The Morgan fingerprint density at radius 2 is 2.00 bits per heavy atom. The van der Waals surface area contributed by atoms with Crippen LogP contribution in [0.5, 0.6) is 0 Å². The number of nitrogens with one attached hydrogen (secondary N) is 2. The summed E-state index contributed by atoms with van der Waals surface area (Å²) in [5.74, 6) is 0.283. The maximum absolute atomic E-state index is 12.6. The third-order valence-corrected chi connectivity index (χ3v) is 4.74. The van der Waals surface area contributed by atoms with Gasteiger partial charge in [-0.3, -0.25) is 4.79 Å². The molecule has 128 valence electrons. The normalized spacial score (nSPS) is 15.5. The summed E-state index contributed by atoms with van der Waals surface area (Å²) in [5.41, 5.74) is 4.42. The molecule has 0 spiro atoms. The zero-order valence-corrected chi connectivity index (χ0v) is 14.3. The molecule has 24 heavy (non-hydrogen) atoms. The Labute approximate surface area is 142 Å². The minimum absolute atomic E-state index is 0.113. The average molecular weight is 327 g/mol. The molecular formula is C19H25N3O2. The average Bonchev–Trinajstić information content (AvgIpc) is 2.94. The third kappa shape index (κ3) is 3.46. The molecule has 1 saturated heterocycles. The first-order chi connectivity index (χ1) is 11.6. The molecule has 0 saturated carbocycles. The van der Waals surface area contributed by atoms with Gasteiger partial charge in [0.2, 0.25) is 0 Å². The van der Waals surface area contributed by atoms with Gasteiger partial charge < -0.3 is 20.3 Å². The topological polar surface area (TPSA) is 68.4 Å². The Hall–Kier alpha value is -2.27. The Balaban J connectivity index is 1.77. The first kappa shape index (κ1) is 16.6. The molecule has 2 heterocycles. The minimum atomic E-state index is -0.113. The fourth-order valence-electron chi connectivity index (χ4n) is 3.36. The molecule has 3 N–H and O–H groups in total. The van der Waals surface area contributed by atoms with Crippen molar-refractivity contribution >= 4 is 17.3 Å². The van der Waals surface area contributed by atoms with Gasteiger partial charge in [-0.05, 0) is 56.4 Å². The number of amides is 1. The van der Waals surface area contributed by atoms with Crippen molar-refractivity contribution in [2.75, 3.05) is 29.9 Å². The Morgan fingerprint density at radius 3 is 2.62 bits per heavy atom. The molecule has 1 aliphatic rings. The number of benzene rings is 1. The van der Waals surface area contributed by atoms with Gasteiger partial charge in [-0.2, -0.15) is 0 Å². The number of nitrogens with zero attached hydrogens (tertiary/aromatic N) is 1. The first-order valence-corrected chi connectivity index (χ1v) is 8.51. The van der Waals surface area contributed by atoms with Crippen molar-refractivity contribution in [1.29, 1.82) is 0 Å². The Bertz CT molecular complexity index is 715. The number of para-hydroxylation sites is 2. The zero-order valence-electron chi connectivity index (χ0n) is 14.3. The van der Waals surface area contributed by atoms with Crippen LogP contribution in [0.4, 0.5) is 11.4 Å². The van der Waals surface area contributed by atoms with Crippen LogP contribution in [-0.2, 0) is 0 Å². The maximum Gasteiger partial charge on any atom is 0.272 e. The number of anilines is 2. The van der Waals surface area contributed by atoms with E-state index < -0.39 is 0 Å². The molecular weight excluding hydrogens is 302 g/mol. The highest BCUT2D eigenvalue weighted by molar-refractivity contribution is 6.05. The number of piperidine rings is 1. The van der Waals surface area contributed by atoms with Crippen molar-refractivity contribution < 1.29 is 9.90 Å². The molecule has 0 atom stereocenters. The van der Waals surface area contributed by atoms with E-state index >= 15 is 0 Å².